The smallest absolute Gasteiger partial charge is 0.355 e. The number of carbonyl (C=O) groups is 2. The molecule has 0 bridgehead atoms. The van der Waals surface area contributed by atoms with Crippen molar-refractivity contribution in [3.8, 4) is 0 Å². The predicted octanol–water partition coefficient (Wildman–Crippen LogP) is 5.31. The molecule has 0 radical (unpaired) electrons. The van der Waals surface area contributed by atoms with Crippen LogP contribution in [0.3, 0.4) is 0 Å². The maximum atomic E-state index is 14.1. The number of hydrogen-bond donors (Lipinski definition) is 1. The summed E-state index contributed by atoms with van der Waals surface area (Å²) >= 11 is 7.59. The van der Waals surface area contributed by atoms with E-state index in [0.29, 0.717) is 30.1 Å². The highest BCUT2D eigenvalue weighted by Crippen LogP contribution is 2.52. The van der Waals surface area contributed by atoms with Crippen molar-refractivity contribution in [3.63, 3.8) is 0 Å². The van der Waals surface area contributed by atoms with E-state index in [1.165, 1.54) is 29.2 Å². The lowest BCUT2D eigenvalue weighted by atomic mass is 9.64. The number of hydrogen-bond acceptors (Lipinski definition) is 3. The maximum absolute atomic E-state index is 14.1. The molecule has 174 valence electrons. The van der Waals surface area contributed by atoms with E-state index < -0.39 is 23.4 Å². The first-order valence-corrected chi connectivity index (χ1v) is 12.0. The van der Waals surface area contributed by atoms with Crippen LogP contribution in [0.5, 0.6) is 0 Å². The Kier molecular flexibility index (Phi) is 6.22. The van der Waals surface area contributed by atoms with Gasteiger partial charge in [-0.05, 0) is 36.8 Å². The Bertz CT molecular complexity index is 949. The average Bonchev–Trinajstić information content (AvgIpc) is 3.13. The molecule has 0 saturated carbocycles. The van der Waals surface area contributed by atoms with E-state index in [2.05, 4.69) is 5.32 Å². The maximum Gasteiger partial charge on any atom is 0.401 e. The van der Waals surface area contributed by atoms with Crippen LogP contribution in [-0.4, -0.2) is 42.5 Å². The second kappa shape index (κ2) is 8.52. The molecule has 2 amide bonds. The molecule has 1 spiro atoms. The number of allylic oxidation sites excluding steroid dienone is 4. The minimum atomic E-state index is -4.64. The van der Waals surface area contributed by atoms with Crippen LogP contribution < -0.4 is 5.32 Å². The third-order valence-electron chi connectivity index (χ3n) is 7.28. The summed E-state index contributed by atoms with van der Waals surface area (Å²) in [6, 6.07) is 3.78. The summed E-state index contributed by atoms with van der Waals surface area (Å²) in [6.45, 7) is 2.40. The molecule has 4 nitrogen and oxygen atoms in total. The van der Waals surface area contributed by atoms with Crippen LogP contribution in [0.25, 0.3) is 0 Å². The van der Waals surface area contributed by atoms with Gasteiger partial charge in [0.15, 0.2) is 0 Å². The molecule has 3 heterocycles. The summed E-state index contributed by atoms with van der Waals surface area (Å²) in [5.74, 6) is -2.97. The normalized spacial score (nSPS) is 28.6. The molecule has 2 fully saturated rings. The zero-order valence-electron chi connectivity index (χ0n) is 17.8. The van der Waals surface area contributed by atoms with E-state index in [1.807, 2.05) is 12.1 Å². The van der Waals surface area contributed by atoms with Crippen molar-refractivity contribution in [2.75, 3.05) is 19.6 Å². The van der Waals surface area contributed by atoms with E-state index in [0.717, 1.165) is 4.88 Å². The van der Waals surface area contributed by atoms with Gasteiger partial charge in [-0.1, -0.05) is 42.8 Å². The highest BCUT2D eigenvalue weighted by molar-refractivity contribution is 7.16. The summed E-state index contributed by atoms with van der Waals surface area (Å²) in [6.07, 6.45) is 3.27. The highest BCUT2D eigenvalue weighted by atomic mass is 35.5. The number of likely N-dealkylation sites (tertiary alicyclic amines) is 1. The third-order valence-corrected chi connectivity index (χ3v) is 8.62. The molecule has 2 aliphatic heterocycles. The average molecular weight is 487 g/mol. The molecule has 0 aromatic carbocycles. The van der Waals surface area contributed by atoms with Crippen LogP contribution in [0.1, 0.15) is 43.4 Å². The summed E-state index contributed by atoms with van der Waals surface area (Å²) in [7, 11) is 0. The third kappa shape index (κ3) is 4.36. The Morgan fingerprint density at radius 2 is 2.00 bits per heavy atom. The summed E-state index contributed by atoms with van der Waals surface area (Å²) in [5, 5.41) is 2.91. The van der Waals surface area contributed by atoms with Crippen molar-refractivity contribution in [3.05, 3.63) is 45.7 Å². The lowest BCUT2D eigenvalue weighted by molar-refractivity contribution is -0.207. The molecule has 1 aliphatic carbocycles. The number of thiophene rings is 1. The van der Waals surface area contributed by atoms with Gasteiger partial charge in [0, 0.05) is 42.3 Å². The molecule has 2 unspecified atom stereocenters. The Morgan fingerprint density at radius 3 is 2.56 bits per heavy atom. The zero-order valence-corrected chi connectivity index (χ0v) is 19.3. The Hall–Kier alpha value is -1.80. The molecule has 1 aromatic rings. The minimum absolute atomic E-state index is 0.0392. The van der Waals surface area contributed by atoms with Gasteiger partial charge >= 0.3 is 6.18 Å². The van der Waals surface area contributed by atoms with E-state index in [9.17, 15) is 22.8 Å². The number of halogens is 4. The SMILES string of the molecule is CC1([C@@H](C(=O)N2CCC3(CC2)CC(=O)NCC3c2ccc(Cl)s2)C(F)(F)F)C=CC=CC1. The van der Waals surface area contributed by atoms with Crippen molar-refractivity contribution in [2.24, 2.45) is 16.7 Å². The quantitative estimate of drug-likeness (QED) is 0.629. The molecule has 2 saturated heterocycles. The van der Waals surface area contributed by atoms with Crippen molar-refractivity contribution in [2.45, 2.75) is 44.7 Å². The lowest BCUT2D eigenvalue weighted by Gasteiger charge is -2.49. The number of nitrogens with zero attached hydrogens (tertiary/aromatic N) is 1. The standard InChI is InChI=1S/C23H26ClF3N2O2S/c1-21(7-3-2-4-8-21)19(23(25,26)27)20(31)29-11-9-22(10-12-29)13-18(30)28-14-15(22)16-5-6-17(24)32-16/h2-7,15,19H,8-14H2,1H3,(H,28,30)/t15?,19-,21?/m1/s1. The lowest BCUT2D eigenvalue weighted by Crippen LogP contribution is -2.56. The van der Waals surface area contributed by atoms with Gasteiger partial charge in [-0.3, -0.25) is 9.59 Å². The predicted molar refractivity (Wildman–Crippen MR) is 118 cm³/mol. The van der Waals surface area contributed by atoms with Gasteiger partial charge in [0.25, 0.3) is 0 Å². The van der Waals surface area contributed by atoms with Crippen LogP contribution in [0.4, 0.5) is 13.2 Å². The van der Waals surface area contributed by atoms with Crippen molar-refractivity contribution in [1.82, 2.24) is 10.2 Å². The van der Waals surface area contributed by atoms with Gasteiger partial charge < -0.3 is 10.2 Å². The molecule has 1 N–H and O–H groups in total. The van der Waals surface area contributed by atoms with Crippen LogP contribution in [0.15, 0.2) is 36.4 Å². The summed E-state index contributed by atoms with van der Waals surface area (Å²) < 4.78 is 42.9. The summed E-state index contributed by atoms with van der Waals surface area (Å²) in [5.41, 5.74) is -1.68. The molecule has 9 heteroatoms. The highest BCUT2D eigenvalue weighted by Gasteiger charge is 2.56. The number of nitrogens with one attached hydrogen (secondary N) is 1. The van der Waals surface area contributed by atoms with Crippen LogP contribution >= 0.6 is 22.9 Å². The fraction of sp³-hybridized carbons (Fsp3) is 0.565. The Morgan fingerprint density at radius 1 is 1.28 bits per heavy atom. The first-order chi connectivity index (χ1) is 15.0. The minimum Gasteiger partial charge on any atom is -0.355 e. The van der Waals surface area contributed by atoms with Gasteiger partial charge in [0.1, 0.15) is 5.92 Å². The van der Waals surface area contributed by atoms with E-state index in [-0.39, 0.29) is 36.8 Å². The van der Waals surface area contributed by atoms with Crippen LogP contribution in [0, 0.1) is 16.7 Å². The molecule has 3 aliphatic rings. The number of alkyl halides is 3. The van der Waals surface area contributed by atoms with Gasteiger partial charge in [-0.25, -0.2) is 0 Å². The van der Waals surface area contributed by atoms with Gasteiger partial charge in [-0.15, -0.1) is 11.3 Å². The van der Waals surface area contributed by atoms with E-state index >= 15 is 0 Å². The largest absolute Gasteiger partial charge is 0.401 e. The molecular weight excluding hydrogens is 461 g/mol. The van der Waals surface area contributed by atoms with Crippen LogP contribution in [0.2, 0.25) is 4.34 Å². The number of rotatable bonds is 3. The van der Waals surface area contributed by atoms with E-state index in [1.54, 1.807) is 18.2 Å². The molecule has 1 aromatic heterocycles. The second-order valence-corrected chi connectivity index (χ2v) is 11.1. The topological polar surface area (TPSA) is 49.4 Å². The van der Waals surface area contributed by atoms with Gasteiger partial charge in [0.2, 0.25) is 11.8 Å². The van der Waals surface area contributed by atoms with Gasteiger partial charge in [-0.2, -0.15) is 13.2 Å². The van der Waals surface area contributed by atoms with Crippen LogP contribution in [-0.2, 0) is 9.59 Å². The van der Waals surface area contributed by atoms with E-state index in [4.69, 9.17) is 11.6 Å². The molecule has 4 rings (SSSR count). The number of carbonyl (C=O) groups excluding carboxylic acids is 2. The van der Waals surface area contributed by atoms with Crippen molar-refractivity contribution in [1.29, 1.82) is 0 Å². The molecular formula is C23H26ClF3N2O2S. The summed E-state index contributed by atoms with van der Waals surface area (Å²) in [4.78, 5) is 27.9. The second-order valence-electron chi connectivity index (χ2n) is 9.33. The molecule has 32 heavy (non-hydrogen) atoms. The first kappa shape index (κ1) is 23.4. The fourth-order valence-corrected chi connectivity index (χ4v) is 6.79. The molecule has 3 atom stereocenters. The van der Waals surface area contributed by atoms with Crippen molar-refractivity contribution >= 4 is 34.8 Å². The zero-order chi connectivity index (χ0) is 23.1. The van der Waals surface area contributed by atoms with Crippen molar-refractivity contribution < 1.29 is 22.8 Å². The monoisotopic (exact) mass is 486 g/mol. The van der Waals surface area contributed by atoms with Gasteiger partial charge in [0.05, 0.1) is 4.34 Å². The number of amides is 2. The first-order valence-electron chi connectivity index (χ1n) is 10.8. The fourth-order valence-electron chi connectivity index (χ4n) is 5.49. The Labute approximate surface area is 194 Å². The Balaban J connectivity index is 1.54. The number of piperidine rings is 2.